The Labute approximate surface area is 144 Å². The molecule has 2 fully saturated rings. The van der Waals surface area contributed by atoms with Gasteiger partial charge in [-0.15, -0.1) is 0 Å². The number of amides is 1. The van der Waals surface area contributed by atoms with E-state index >= 15 is 0 Å². The molecule has 3 heterocycles. The SMILES string of the molecule is Cc1cnn(C2COC2)c1[C@@H]1CCN(C(=O)OC(C)(C)C)[C@H](C)C1. The van der Waals surface area contributed by atoms with Crippen molar-refractivity contribution in [3.05, 3.63) is 17.5 Å². The Morgan fingerprint density at radius 1 is 1.38 bits per heavy atom. The van der Waals surface area contributed by atoms with E-state index in [1.54, 1.807) is 0 Å². The van der Waals surface area contributed by atoms with Crippen LogP contribution in [0.25, 0.3) is 0 Å². The molecule has 0 saturated carbocycles. The fourth-order valence-electron chi connectivity index (χ4n) is 3.63. The number of aryl methyl sites for hydroxylation is 1. The van der Waals surface area contributed by atoms with E-state index in [2.05, 4.69) is 23.6 Å². The minimum atomic E-state index is -0.451. The molecular formula is C18H29N3O3. The topological polar surface area (TPSA) is 56.6 Å². The fraction of sp³-hybridized carbons (Fsp3) is 0.778. The normalized spacial score (nSPS) is 25.5. The van der Waals surface area contributed by atoms with Crippen molar-refractivity contribution < 1.29 is 14.3 Å². The maximum absolute atomic E-state index is 12.4. The van der Waals surface area contributed by atoms with Crippen molar-refractivity contribution in [1.29, 1.82) is 0 Å². The van der Waals surface area contributed by atoms with E-state index in [9.17, 15) is 4.79 Å². The molecule has 1 aromatic rings. The van der Waals surface area contributed by atoms with Gasteiger partial charge in [0.2, 0.25) is 0 Å². The number of hydrogen-bond donors (Lipinski definition) is 0. The molecule has 2 aliphatic rings. The molecule has 2 atom stereocenters. The van der Waals surface area contributed by atoms with Crippen molar-refractivity contribution in [2.75, 3.05) is 19.8 Å². The summed E-state index contributed by atoms with van der Waals surface area (Å²) in [5.74, 6) is 0.432. The van der Waals surface area contributed by atoms with Crippen molar-refractivity contribution in [2.45, 2.75) is 71.1 Å². The second kappa shape index (κ2) is 6.39. The van der Waals surface area contributed by atoms with E-state index in [-0.39, 0.29) is 12.1 Å². The van der Waals surface area contributed by atoms with Gasteiger partial charge in [0.1, 0.15) is 5.60 Å². The lowest BCUT2D eigenvalue weighted by atomic mass is 9.87. The molecule has 0 spiro atoms. The summed E-state index contributed by atoms with van der Waals surface area (Å²) in [5.41, 5.74) is 2.11. The molecule has 0 bridgehead atoms. The van der Waals surface area contributed by atoms with Crippen LogP contribution < -0.4 is 0 Å². The quantitative estimate of drug-likeness (QED) is 0.832. The van der Waals surface area contributed by atoms with E-state index < -0.39 is 5.60 Å². The van der Waals surface area contributed by atoms with Crippen molar-refractivity contribution >= 4 is 6.09 Å². The number of ether oxygens (including phenoxy) is 2. The molecule has 134 valence electrons. The minimum Gasteiger partial charge on any atom is -0.444 e. The van der Waals surface area contributed by atoms with Gasteiger partial charge in [0.25, 0.3) is 0 Å². The minimum absolute atomic E-state index is 0.166. The Balaban J connectivity index is 1.70. The van der Waals surface area contributed by atoms with Gasteiger partial charge in [0.05, 0.1) is 25.5 Å². The third kappa shape index (κ3) is 3.43. The van der Waals surface area contributed by atoms with Crippen molar-refractivity contribution in [3.63, 3.8) is 0 Å². The Morgan fingerprint density at radius 3 is 2.62 bits per heavy atom. The number of nitrogens with zero attached hydrogens (tertiary/aromatic N) is 3. The molecule has 2 aliphatic heterocycles. The second-order valence-corrected chi connectivity index (χ2v) is 8.09. The average molecular weight is 335 g/mol. The van der Waals surface area contributed by atoms with E-state index in [1.807, 2.05) is 31.9 Å². The van der Waals surface area contributed by atoms with Crippen LogP contribution in [0.2, 0.25) is 0 Å². The summed E-state index contributed by atoms with van der Waals surface area (Å²) in [6.45, 7) is 12.2. The van der Waals surface area contributed by atoms with Gasteiger partial charge < -0.3 is 14.4 Å². The van der Waals surface area contributed by atoms with Gasteiger partial charge in [0.15, 0.2) is 0 Å². The van der Waals surface area contributed by atoms with Gasteiger partial charge in [-0.2, -0.15) is 5.10 Å². The molecule has 24 heavy (non-hydrogen) atoms. The number of carbonyl (C=O) groups excluding carboxylic acids is 1. The van der Waals surface area contributed by atoms with Gasteiger partial charge in [-0.1, -0.05) is 0 Å². The second-order valence-electron chi connectivity index (χ2n) is 8.09. The Hall–Kier alpha value is -1.56. The lowest BCUT2D eigenvalue weighted by molar-refractivity contribution is -0.0310. The number of hydrogen-bond acceptors (Lipinski definition) is 4. The molecule has 0 aliphatic carbocycles. The van der Waals surface area contributed by atoms with Crippen molar-refractivity contribution in [3.8, 4) is 0 Å². The highest BCUT2D eigenvalue weighted by atomic mass is 16.6. The van der Waals surface area contributed by atoms with Crippen LogP contribution in [0, 0.1) is 6.92 Å². The van der Waals surface area contributed by atoms with E-state index in [4.69, 9.17) is 9.47 Å². The van der Waals surface area contributed by atoms with Gasteiger partial charge >= 0.3 is 6.09 Å². The molecular weight excluding hydrogens is 306 g/mol. The maximum atomic E-state index is 12.4. The van der Waals surface area contributed by atoms with E-state index in [1.165, 1.54) is 11.3 Å². The first-order valence-electron chi connectivity index (χ1n) is 8.87. The smallest absolute Gasteiger partial charge is 0.410 e. The highest BCUT2D eigenvalue weighted by molar-refractivity contribution is 5.68. The number of carbonyl (C=O) groups is 1. The lowest BCUT2D eigenvalue weighted by Crippen LogP contribution is -2.46. The molecule has 0 unspecified atom stereocenters. The standard InChI is InChI=1S/C18H29N3O3/c1-12-9-19-21(15-10-23-11-15)16(12)14-6-7-20(13(2)8-14)17(22)24-18(3,4)5/h9,13-15H,6-8,10-11H2,1-5H3/t13-,14-/m1/s1. The first-order valence-corrected chi connectivity index (χ1v) is 8.87. The van der Waals surface area contributed by atoms with Crippen LogP contribution in [-0.2, 0) is 9.47 Å². The van der Waals surface area contributed by atoms with Crippen molar-refractivity contribution in [1.82, 2.24) is 14.7 Å². The molecule has 0 aromatic carbocycles. The zero-order chi connectivity index (χ0) is 17.5. The predicted octanol–water partition coefficient (Wildman–Crippen LogP) is 3.27. The zero-order valence-electron chi connectivity index (χ0n) is 15.4. The largest absolute Gasteiger partial charge is 0.444 e. The summed E-state index contributed by atoms with van der Waals surface area (Å²) in [6, 6.07) is 0.534. The van der Waals surface area contributed by atoms with E-state index in [0.717, 1.165) is 32.6 Å². The molecule has 1 amide bonds. The molecule has 2 saturated heterocycles. The highest BCUT2D eigenvalue weighted by Gasteiger charge is 2.35. The summed E-state index contributed by atoms with van der Waals surface area (Å²) < 4.78 is 13.0. The monoisotopic (exact) mass is 335 g/mol. The lowest BCUT2D eigenvalue weighted by Gasteiger charge is -2.39. The number of piperidine rings is 1. The van der Waals surface area contributed by atoms with Gasteiger partial charge in [-0.3, -0.25) is 4.68 Å². The highest BCUT2D eigenvalue weighted by Crippen LogP contribution is 2.35. The van der Waals surface area contributed by atoms with Crippen LogP contribution in [0.1, 0.15) is 63.8 Å². The fourth-order valence-corrected chi connectivity index (χ4v) is 3.63. The van der Waals surface area contributed by atoms with Crippen molar-refractivity contribution in [2.24, 2.45) is 0 Å². The summed E-state index contributed by atoms with van der Waals surface area (Å²) in [4.78, 5) is 14.2. The average Bonchev–Trinajstić information content (AvgIpc) is 2.76. The number of likely N-dealkylation sites (tertiary alicyclic amines) is 1. The van der Waals surface area contributed by atoms with Crippen LogP contribution in [-0.4, -0.2) is 52.2 Å². The summed E-state index contributed by atoms with van der Waals surface area (Å²) >= 11 is 0. The third-order valence-electron chi connectivity index (χ3n) is 4.88. The van der Waals surface area contributed by atoms with Gasteiger partial charge in [0, 0.05) is 24.2 Å². The summed E-state index contributed by atoms with van der Waals surface area (Å²) in [5, 5.41) is 4.57. The van der Waals surface area contributed by atoms with Crippen LogP contribution in [0.15, 0.2) is 6.20 Å². The van der Waals surface area contributed by atoms with E-state index in [0.29, 0.717) is 12.0 Å². The first-order chi connectivity index (χ1) is 11.3. The Kier molecular flexibility index (Phi) is 4.60. The Morgan fingerprint density at radius 2 is 2.08 bits per heavy atom. The van der Waals surface area contributed by atoms with Gasteiger partial charge in [-0.25, -0.2) is 4.79 Å². The number of aromatic nitrogens is 2. The molecule has 1 aromatic heterocycles. The molecule has 6 heteroatoms. The molecule has 0 N–H and O–H groups in total. The van der Waals surface area contributed by atoms with Crippen LogP contribution in [0.5, 0.6) is 0 Å². The molecule has 0 radical (unpaired) electrons. The van der Waals surface area contributed by atoms with Crippen LogP contribution >= 0.6 is 0 Å². The molecule has 6 nitrogen and oxygen atoms in total. The maximum Gasteiger partial charge on any atom is 0.410 e. The Bertz CT molecular complexity index is 601. The summed E-state index contributed by atoms with van der Waals surface area (Å²) in [7, 11) is 0. The summed E-state index contributed by atoms with van der Waals surface area (Å²) in [6.07, 6.45) is 3.65. The first kappa shape index (κ1) is 17.3. The van der Waals surface area contributed by atoms with Crippen LogP contribution in [0.4, 0.5) is 4.79 Å². The molecule has 3 rings (SSSR count). The number of rotatable bonds is 2. The third-order valence-corrected chi connectivity index (χ3v) is 4.88. The van der Waals surface area contributed by atoms with Crippen LogP contribution in [0.3, 0.4) is 0 Å². The predicted molar refractivity (Wildman–Crippen MR) is 91.2 cm³/mol. The van der Waals surface area contributed by atoms with Gasteiger partial charge in [-0.05, 0) is 53.0 Å². The zero-order valence-corrected chi connectivity index (χ0v) is 15.4.